The summed E-state index contributed by atoms with van der Waals surface area (Å²) in [5, 5.41) is 26.3. The maximum absolute atomic E-state index is 12.4. The molecule has 9 heteroatoms. The van der Waals surface area contributed by atoms with E-state index in [4.69, 9.17) is 4.52 Å². The van der Waals surface area contributed by atoms with Gasteiger partial charge in [0.25, 0.3) is 0 Å². The molecule has 3 heterocycles. The molecule has 0 radical (unpaired) electrons. The summed E-state index contributed by atoms with van der Waals surface area (Å²) in [5.41, 5.74) is 1.94. The number of fused-ring (bicyclic) bond motifs is 3. The minimum atomic E-state index is -0.712. The van der Waals surface area contributed by atoms with Gasteiger partial charge in [0.2, 0.25) is 11.8 Å². The molecule has 4 N–H and O–H groups in total. The molecule has 2 atom stereocenters. The van der Waals surface area contributed by atoms with Crippen molar-refractivity contribution in [3.63, 3.8) is 0 Å². The molecule has 0 aliphatic carbocycles. The quantitative estimate of drug-likeness (QED) is 0.356. The molecule has 31 heavy (non-hydrogen) atoms. The molecule has 2 unspecified atom stereocenters. The van der Waals surface area contributed by atoms with Gasteiger partial charge in [-0.05, 0) is 30.0 Å². The molecule has 9 nitrogen and oxygen atoms in total. The third-order valence-corrected chi connectivity index (χ3v) is 6.05. The number of anilines is 1. The number of carbonyl (C=O) groups excluding carboxylic acids is 2. The first-order chi connectivity index (χ1) is 15.1. The summed E-state index contributed by atoms with van der Waals surface area (Å²) >= 11 is 0. The molecule has 3 aromatic rings. The van der Waals surface area contributed by atoms with E-state index in [0.29, 0.717) is 24.2 Å². The van der Waals surface area contributed by atoms with E-state index in [2.05, 4.69) is 26.0 Å². The zero-order valence-corrected chi connectivity index (χ0v) is 17.1. The lowest BCUT2D eigenvalue weighted by Gasteiger charge is -2.29. The molecule has 2 fully saturated rings. The number of nitrogens with one attached hydrogen (secondary N) is 3. The second-order valence-electron chi connectivity index (χ2n) is 8.12. The Balaban J connectivity index is 1.47. The lowest BCUT2D eigenvalue weighted by molar-refractivity contribution is -0.134. The van der Waals surface area contributed by atoms with Crippen LogP contribution in [-0.4, -0.2) is 65.9 Å². The van der Waals surface area contributed by atoms with Crippen LogP contribution in [0.3, 0.4) is 0 Å². The average molecular weight is 423 g/mol. The Kier molecular flexibility index (Phi) is 5.31. The number of piperidine rings is 1. The van der Waals surface area contributed by atoms with Crippen LogP contribution >= 0.6 is 0 Å². The molecule has 162 valence electrons. The average Bonchev–Trinajstić information content (AvgIpc) is 3.19. The zero-order chi connectivity index (χ0) is 21.4. The number of aliphatic hydroxyl groups excluding tert-OH is 1. The maximum atomic E-state index is 12.4. The van der Waals surface area contributed by atoms with Crippen LogP contribution < -0.4 is 16.0 Å². The van der Waals surface area contributed by atoms with Crippen molar-refractivity contribution in [2.45, 2.75) is 25.0 Å². The van der Waals surface area contributed by atoms with Crippen molar-refractivity contribution in [2.75, 3.05) is 38.0 Å². The van der Waals surface area contributed by atoms with Crippen molar-refractivity contribution in [3.05, 3.63) is 36.0 Å². The van der Waals surface area contributed by atoms with Gasteiger partial charge in [0.05, 0.1) is 11.3 Å². The Morgan fingerprint density at radius 2 is 2.03 bits per heavy atom. The zero-order valence-electron chi connectivity index (χ0n) is 17.1. The number of nitrogens with zero attached hydrogens (tertiary/aromatic N) is 2. The van der Waals surface area contributed by atoms with Gasteiger partial charge in [0.1, 0.15) is 11.9 Å². The number of hydrogen-bond acceptors (Lipinski definition) is 8. The molecule has 5 rings (SSSR count). The van der Waals surface area contributed by atoms with Gasteiger partial charge in [-0.3, -0.25) is 19.8 Å². The fourth-order valence-corrected chi connectivity index (χ4v) is 4.50. The Bertz CT molecular complexity index is 1140. The molecule has 2 aromatic carbocycles. The first-order valence-corrected chi connectivity index (χ1v) is 10.6. The summed E-state index contributed by atoms with van der Waals surface area (Å²) < 4.78 is 5.51. The second kappa shape index (κ2) is 8.26. The molecule has 0 saturated carbocycles. The van der Waals surface area contributed by atoms with Gasteiger partial charge in [-0.15, -0.1) is 0 Å². The first-order valence-electron chi connectivity index (χ1n) is 10.6. The lowest BCUT2D eigenvalue weighted by Crippen LogP contribution is -2.47. The Morgan fingerprint density at radius 3 is 2.84 bits per heavy atom. The second-order valence-corrected chi connectivity index (χ2v) is 8.12. The third kappa shape index (κ3) is 3.87. The Morgan fingerprint density at radius 1 is 1.19 bits per heavy atom. The lowest BCUT2D eigenvalue weighted by atomic mass is 9.91. The topological polar surface area (TPSA) is 120 Å². The first kappa shape index (κ1) is 19.9. The number of aromatic nitrogens is 1. The summed E-state index contributed by atoms with van der Waals surface area (Å²) in [6.45, 7) is 4.20. The predicted octanol–water partition coefficient (Wildman–Crippen LogP) is 1.14. The number of aliphatic hydroxyl groups is 1. The molecule has 2 aliphatic heterocycles. The van der Waals surface area contributed by atoms with Crippen LogP contribution in [0.4, 0.5) is 5.69 Å². The van der Waals surface area contributed by atoms with Crippen molar-refractivity contribution < 1.29 is 19.2 Å². The van der Waals surface area contributed by atoms with Crippen LogP contribution in [0.2, 0.25) is 0 Å². The van der Waals surface area contributed by atoms with Crippen molar-refractivity contribution in [2.24, 2.45) is 0 Å². The highest BCUT2D eigenvalue weighted by molar-refractivity contribution is 6.12. The van der Waals surface area contributed by atoms with Gasteiger partial charge in [0, 0.05) is 50.2 Å². The van der Waals surface area contributed by atoms with Gasteiger partial charge in [-0.25, -0.2) is 0 Å². The molecule has 2 amide bonds. The van der Waals surface area contributed by atoms with E-state index in [1.807, 2.05) is 30.3 Å². The highest BCUT2D eigenvalue weighted by atomic mass is 16.5. The van der Waals surface area contributed by atoms with E-state index in [-0.39, 0.29) is 18.2 Å². The normalized spacial score (nSPS) is 21.4. The number of imide groups is 1. The maximum Gasteiger partial charge on any atom is 0.235 e. The Hall–Kier alpha value is -3.01. The summed E-state index contributed by atoms with van der Waals surface area (Å²) in [5.74, 6) is -1.13. The molecule has 2 aliphatic rings. The minimum absolute atomic E-state index is 0.260. The van der Waals surface area contributed by atoms with Crippen LogP contribution in [0.1, 0.15) is 24.5 Å². The van der Waals surface area contributed by atoms with Crippen molar-refractivity contribution >= 4 is 39.2 Å². The highest BCUT2D eigenvalue weighted by Gasteiger charge is 2.32. The number of benzene rings is 2. The molecular formula is C22H25N5O4. The molecule has 0 spiro atoms. The molecule has 0 bridgehead atoms. The van der Waals surface area contributed by atoms with Gasteiger partial charge in [0.15, 0.2) is 5.58 Å². The van der Waals surface area contributed by atoms with Crippen LogP contribution in [0.15, 0.2) is 34.9 Å². The van der Waals surface area contributed by atoms with E-state index in [0.717, 1.165) is 48.0 Å². The molecular weight excluding hydrogens is 398 g/mol. The van der Waals surface area contributed by atoms with E-state index >= 15 is 0 Å². The highest BCUT2D eigenvalue weighted by Crippen LogP contribution is 2.37. The summed E-state index contributed by atoms with van der Waals surface area (Å²) in [4.78, 5) is 26.2. The monoisotopic (exact) mass is 423 g/mol. The van der Waals surface area contributed by atoms with Gasteiger partial charge >= 0.3 is 0 Å². The fraction of sp³-hybridized carbons (Fsp3) is 0.409. The Labute approximate surface area is 178 Å². The number of piperazine rings is 1. The largest absolute Gasteiger partial charge is 0.372 e. The smallest absolute Gasteiger partial charge is 0.235 e. The molecule has 2 saturated heterocycles. The number of amides is 2. The predicted molar refractivity (Wildman–Crippen MR) is 116 cm³/mol. The van der Waals surface area contributed by atoms with E-state index in [1.165, 1.54) is 0 Å². The summed E-state index contributed by atoms with van der Waals surface area (Å²) in [7, 11) is 0. The number of carbonyl (C=O) groups is 2. The van der Waals surface area contributed by atoms with Gasteiger partial charge in [-0.1, -0.05) is 17.3 Å². The van der Waals surface area contributed by atoms with Crippen molar-refractivity contribution in [1.82, 2.24) is 20.7 Å². The third-order valence-electron chi connectivity index (χ3n) is 6.05. The van der Waals surface area contributed by atoms with Crippen LogP contribution in [0.25, 0.3) is 21.7 Å². The summed E-state index contributed by atoms with van der Waals surface area (Å²) in [6.07, 6.45) is -0.0265. The van der Waals surface area contributed by atoms with Crippen molar-refractivity contribution in [3.8, 4) is 0 Å². The van der Waals surface area contributed by atoms with E-state index in [9.17, 15) is 14.7 Å². The SMILES string of the molecule is O=C1CCC(c2noc3ccc4c(NC(O)CN5CCNCC5)cccc4c23)C(=O)N1. The van der Waals surface area contributed by atoms with Gasteiger partial charge in [-0.2, -0.15) is 0 Å². The fourth-order valence-electron chi connectivity index (χ4n) is 4.50. The van der Waals surface area contributed by atoms with E-state index in [1.54, 1.807) is 0 Å². The molecule has 1 aromatic heterocycles. The van der Waals surface area contributed by atoms with E-state index < -0.39 is 12.1 Å². The van der Waals surface area contributed by atoms with Gasteiger partial charge < -0.3 is 20.3 Å². The minimum Gasteiger partial charge on any atom is -0.372 e. The van der Waals surface area contributed by atoms with Crippen LogP contribution in [-0.2, 0) is 9.59 Å². The number of β-amino-alcohol motifs (C(OH)–C–C–N with tert-alkyl or cyclic N) is 1. The van der Waals surface area contributed by atoms with Crippen LogP contribution in [0, 0.1) is 0 Å². The summed E-state index contributed by atoms with van der Waals surface area (Å²) in [6, 6.07) is 9.54. The van der Waals surface area contributed by atoms with Crippen LogP contribution in [0.5, 0.6) is 0 Å². The number of hydrogen-bond donors (Lipinski definition) is 4. The van der Waals surface area contributed by atoms with Crippen molar-refractivity contribution in [1.29, 1.82) is 0 Å². The number of rotatable bonds is 5. The standard InChI is InChI=1S/C22H25N5O4/c28-18-7-5-15(22(30)25-18)21-20-14-2-1-3-16(13(14)4-6-17(20)31-26-21)24-19(29)12-27-10-8-23-9-11-27/h1-4,6,15,19,23-24,29H,5,7-12H2,(H,25,28,30).